The number of aliphatic hydroxyl groups is 2. The van der Waals surface area contributed by atoms with Gasteiger partial charge in [-0.1, -0.05) is 41.5 Å². The predicted octanol–water partition coefficient (Wildman–Crippen LogP) is 3.75. The Morgan fingerprint density at radius 3 is 1.09 bits per heavy atom. The zero-order valence-electron chi connectivity index (χ0n) is 16.3. The number of rotatable bonds is 7. The highest BCUT2D eigenvalue weighted by Crippen LogP contribution is 2.37. The summed E-state index contributed by atoms with van der Waals surface area (Å²) in [5.41, 5.74) is 0. The topological polar surface area (TPSA) is 58.9 Å². The molecule has 0 aromatic heterocycles. The quantitative estimate of drug-likeness (QED) is 0.687. The molecule has 0 heterocycles. The smallest absolute Gasteiger partial charge is 0.192 e. The molecular weight excluding hydrogens is 312 g/mol. The van der Waals surface area contributed by atoms with Crippen molar-refractivity contribution in [3.05, 3.63) is 0 Å². The van der Waals surface area contributed by atoms with E-state index < -0.39 is 28.8 Å². The molecule has 2 atom stereocenters. The van der Waals surface area contributed by atoms with Crippen LogP contribution in [0.2, 0.25) is 36.3 Å². The van der Waals surface area contributed by atoms with Crippen LogP contribution < -0.4 is 0 Å². The highest BCUT2D eigenvalue weighted by Gasteiger charge is 2.39. The van der Waals surface area contributed by atoms with E-state index in [0.29, 0.717) is 0 Å². The fraction of sp³-hybridized carbons (Fsp3) is 1.00. The van der Waals surface area contributed by atoms with Gasteiger partial charge in [0.15, 0.2) is 16.6 Å². The largest absolute Gasteiger partial charge is 0.414 e. The Kier molecular flexibility index (Phi) is 7.54. The van der Waals surface area contributed by atoms with E-state index in [1.165, 1.54) is 0 Å². The zero-order valence-corrected chi connectivity index (χ0v) is 18.3. The first-order valence-electron chi connectivity index (χ1n) is 8.15. The Labute approximate surface area is 139 Å². The van der Waals surface area contributed by atoms with Crippen molar-refractivity contribution >= 4 is 16.6 Å². The Morgan fingerprint density at radius 2 is 0.909 bits per heavy atom. The van der Waals surface area contributed by atoms with Crippen molar-refractivity contribution in [2.24, 2.45) is 0 Å². The summed E-state index contributed by atoms with van der Waals surface area (Å²) in [5.74, 6) is 0. The van der Waals surface area contributed by atoms with Gasteiger partial charge in [0.25, 0.3) is 0 Å². The number of hydrogen-bond donors (Lipinski definition) is 2. The summed E-state index contributed by atoms with van der Waals surface area (Å²) in [6.07, 6.45) is -1.81. The van der Waals surface area contributed by atoms with Gasteiger partial charge in [-0.05, 0) is 36.3 Å². The lowest BCUT2D eigenvalue weighted by molar-refractivity contribution is -0.0336. The Bertz CT molecular complexity index is 309. The Balaban J connectivity index is 4.44. The van der Waals surface area contributed by atoms with Crippen molar-refractivity contribution in [2.75, 3.05) is 13.2 Å². The minimum atomic E-state index is -1.91. The van der Waals surface area contributed by atoms with Crippen molar-refractivity contribution in [3.8, 4) is 0 Å². The van der Waals surface area contributed by atoms with Crippen LogP contribution in [0.3, 0.4) is 0 Å². The van der Waals surface area contributed by atoms with Gasteiger partial charge in [-0.25, -0.2) is 0 Å². The van der Waals surface area contributed by atoms with Crippen molar-refractivity contribution in [1.82, 2.24) is 0 Å². The molecule has 6 heteroatoms. The van der Waals surface area contributed by atoms with Gasteiger partial charge in [-0.2, -0.15) is 0 Å². The van der Waals surface area contributed by atoms with Gasteiger partial charge >= 0.3 is 0 Å². The van der Waals surface area contributed by atoms with Crippen LogP contribution in [-0.4, -0.2) is 52.3 Å². The highest BCUT2D eigenvalue weighted by molar-refractivity contribution is 6.74. The lowest BCUT2D eigenvalue weighted by atomic mass is 10.2. The van der Waals surface area contributed by atoms with Crippen LogP contribution in [0.4, 0.5) is 0 Å². The molecule has 0 saturated carbocycles. The standard InChI is InChI=1S/C16H38O4Si2/c1-15(2,3)21(7,8)19-11-13(17)14(18)12-20-22(9,10)16(4,5)6/h13-14,17-18H,11-12H2,1-10H3. The predicted molar refractivity (Wildman–Crippen MR) is 98.3 cm³/mol. The summed E-state index contributed by atoms with van der Waals surface area (Å²) in [6, 6.07) is 0. The van der Waals surface area contributed by atoms with Gasteiger partial charge in [-0.3, -0.25) is 0 Å². The van der Waals surface area contributed by atoms with Crippen LogP contribution in [0.5, 0.6) is 0 Å². The Hall–Kier alpha value is 0.274. The summed E-state index contributed by atoms with van der Waals surface area (Å²) < 4.78 is 11.9. The first-order chi connectivity index (χ1) is 9.51. The van der Waals surface area contributed by atoms with Crippen molar-refractivity contribution in [2.45, 2.75) is 90.0 Å². The van der Waals surface area contributed by atoms with E-state index in [2.05, 4.69) is 67.7 Å². The molecule has 134 valence electrons. The van der Waals surface area contributed by atoms with Crippen LogP contribution in [0.1, 0.15) is 41.5 Å². The van der Waals surface area contributed by atoms with Crippen LogP contribution in [0.15, 0.2) is 0 Å². The molecule has 0 saturated heterocycles. The fourth-order valence-electron chi connectivity index (χ4n) is 1.24. The number of aliphatic hydroxyl groups excluding tert-OH is 2. The number of hydrogen-bond acceptors (Lipinski definition) is 4. The van der Waals surface area contributed by atoms with Crippen molar-refractivity contribution in [3.63, 3.8) is 0 Å². The summed E-state index contributed by atoms with van der Waals surface area (Å²) >= 11 is 0. The molecule has 0 aliphatic carbocycles. The first-order valence-corrected chi connectivity index (χ1v) is 14.0. The van der Waals surface area contributed by atoms with Gasteiger partial charge in [-0.15, -0.1) is 0 Å². The second-order valence-corrected chi connectivity index (χ2v) is 18.9. The highest BCUT2D eigenvalue weighted by atomic mass is 28.4. The lowest BCUT2D eigenvalue weighted by Gasteiger charge is -2.38. The fourth-order valence-corrected chi connectivity index (χ4v) is 3.28. The third-order valence-corrected chi connectivity index (χ3v) is 14.3. The normalized spacial score (nSPS) is 17.5. The second kappa shape index (κ2) is 7.44. The first kappa shape index (κ1) is 22.3. The molecule has 0 rings (SSSR count). The monoisotopic (exact) mass is 350 g/mol. The van der Waals surface area contributed by atoms with E-state index in [4.69, 9.17) is 8.85 Å². The lowest BCUT2D eigenvalue weighted by Crippen LogP contribution is -2.47. The molecule has 0 amide bonds. The van der Waals surface area contributed by atoms with Gasteiger partial charge in [0.05, 0.1) is 13.2 Å². The molecule has 2 unspecified atom stereocenters. The maximum Gasteiger partial charge on any atom is 0.192 e. The molecule has 0 aliphatic rings. The SMILES string of the molecule is CC(C)(C)[Si](C)(C)OCC(O)C(O)CO[Si](C)(C)C(C)(C)C. The second-order valence-electron chi connectivity index (χ2n) is 9.28. The molecule has 0 bridgehead atoms. The molecule has 0 aliphatic heterocycles. The summed E-state index contributed by atoms with van der Waals surface area (Å²) in [5, 5.41) is 20.4. The molecule has 4 nitrogen and oxygen atoms in total. The van der Waals surface area contributed by atoms with Crippen molar-refractivity contribution in [1.29, 1.82) is 0 Å². The van der Waals surface area contributed by atoms with Gasteiger partial charge in [0.2, 0.25) is 0 Å². The maximum atomic E-state index is 10.1. The maximum absolute atomic E-state index is 10.1. The molecule has 0 spiro atoms. The Morgan fingerprint density at radius 1 is 0.682 bits per heavy atom. The molecule has 0 aromatic carbocycles. The van der Waals surface area contributed by atoms with Crippen LogP contribution in [0.25, 0.3) is 0 Å². The molecular formula is C16H38O4Si2. The van der Waals surface area contributed by atoms with E-state index in [1.807, 2.05) is 0 Å². The van der Waals surface area contributed by atoms with Crippen LogP contribution in [0, 0.1) is 0 Å². The molecule has 22 heavy (non-hydrogen) atoms. The van der Waals surface area contributed by atoms with Crippen molar-refractivity contribution < 1.29 is 19.1 Å². The van der Waals surface area contributed by atoms with Gasteiger partial charge in [0, 0.05) is 0 Å². The van der Waals surface area contributed by atoms with Crippen LogP contribution >= 0.6 is 0 Å². The minimum Gasteiger partial charge on any atom is -0.414 e. The van der Waals surface area contributed by atoms with E-state index in [1.54, 1.807) is 0 Å². The molecule has 0 radical (unpaired) electrons. The molecule has 2 N–H and O–H groups in total. The third kappa shape index (κ3) is 6.41. The third-order valence-electron chi connectivity index (χ3n) is 5.29. The van der Waals surface area contributed by atoms with E-state index in [-0.39, 0.29) is 23.3 Å². The van der Waals surface area contributed by atoms with E-state index >= 15 is 0 Å². The molecule has 0 aromatic rings. The minimum absolute atomic E-state index is 0.0926. The zero-order chi connectivity index (χ0) is 18.0. The molecule has 0 fully saturated rings. The average molecular weight is 351 g/mol. The summed E-state index contributed by atoms with van der Waals surface area (Å²) in [6.45, 7) is 21.8. The van der Waals surface area contributed by atoms with Gasteiger partial charge < -0.3 is 19.1 Å². The van der Waals surface area contributed by atoms with E-state index in [9.17, 15) is 10.2 Å². The summed E-state index contributed by atoms with van der Waals surface area (Å²) in [4.78, 5) is 0. The van der Waals surface area contributed by atoms with E-state index in [0.717, 1.165) is 0 Å². The average Bonchev–Trinajstić information content (AvgIpc) is 2.30. The summed E-state index contributed by atoms with van der Waals surface area (Å²) in [7, 11) is -3.81. The van der Waals surface area contributed by atoms with Crippen LogP contribution in [-0.2, 0) is 8.85 Å². The van der Waals surface area contributed by atoms with Gasteiger partial charge in [0.1, 0.15) is 12.2 Å².